The van der Waals surface area contributed by atoms with Gasteiger partial charge in [-0.1, -0.05) is 53.4 Å². The molecule has 0 aliphatic heterocycles. The molecule has 0 amide bonds. The number of nitrogens with one attached hydrogen (secondary N) is 1. The summed E-state index contributed by atoms with van der Waals surface area (Å²) in [5.74, 6) is 1.58. The number of phenolic OH excluding ortho intramolecular Hbond substituents is 1. The summed E-state index contributed by atoms with van der Waals surface area (Å²) in [4.78, 5) is 12.0. The number of benzene rings is 3. The van der Waals surface area contributed by atoms with Crippen LogP contribution in [0, 0.1) is 11.6 Å². The predicted octanol–water partition coefficient (Wildman–Crippen LogP) is 4.84. The molecule has 0 fully saturated rings. The van der Waals surface area contributed by atoms with Crippen molar-refractivity contribution >= 4 is 57.1 Å². The fourth-order valence-electron chi connectivity index (χ4n) is 3.29. The highest BCUT2D eigenvalue weighted by molar-refractivity contribution is 7.90. The van der Waals surface area contributed by atoms with Gasteiger partial charge in [0.25, 0.3) is 0 Å². The first-order chi connectivity index (χ1) is 16.8. The van der Waals surface area contributed by atoms with Gasteiger partial charge in [0.2, 0.25) is 0 Å². The zero-order chi connectivity index (χ0) is 26.7. The summed E-state index contributed by atoms with van der Waals surface area (Å²) >= 11 is 12.7. The van der Waals surface area contributed by atoms with Gasteiger partial charge in [-0.3, -0.25) is 0 Å². The maximum Gasteiger partial charge on any atom is 0.326 e. The van der Waals surface area contributed by atoms with Crippen LogP contribution in [0.2, 0.25) is 10.0 Å². The van der Waals surface area contributed by atoms with Crippen LogP contribution in [0.15, 0.2) is 65.6 Å². The maximum atomic E-state index is 13.0. The largest absolute Gasteiger partial charge is 0.508 e. The second kappa shape index (κ2) is 11.0. The molecule has 0 saturated carbocycles. The Balaban J connectivity index is 1.86. The van der Waals surface area contributed by atoms with Crippen molar-refractivity contribution in [3.8, 4) is 17.3 Å². The lowest BCUT2D eigenvalue weighted by Gasteiger charge is -2.18. The van der Waals surface area contributed by atoms with Gasteiger partial charge < -0.3 is 20.1 Å². The standard InChI is InChI=1S/C25H22Cl2NO6PS/c1-35(32,19-7-4-6-18(29)15-19)10-9-17-12-21(26)24(22(27)13-17)28-23(25(30)31)14-16-5-3-8-20(11-16)36(2,33)34/h3-8,11-13,15,23,28-29H,14H2,1-2H3,(H,30,31)/t23-,35?/m0/s1. The van der Waals surface area contributed by atoms with Gasteiger partial charge >= 0.3 is 5.97 Å². The van der Waals surface area contributed by atoms with Crippen molar-refractivity contribution in [1.82, 2.24) is 0 Å². The molecule has 11 heteroatoms. The Morgan fingerprint density at radius 3 is 2.31 bits per heavy atom. The number of carbonyl (C=O) groups is 1. The van der Waals surface area contributed by atoms with Gasteiger partial charge in [-0.15, -0.1) is 0 Å². The Labute approximate surface area is 219 Å². The lowest BCUT2D eigenvalue weighted by molar-refractivity contribution is -0.137. The molecule has 7 nitrogen and oxygen atoms in total. The summed E-state index contributed by atoms with van der Waals surface area (Å²) in [6.07, 6.45) is 1.04. The Bertz CT molecular complexity index is 1520. The molecule has 1 unspecified atom stereocenters. The molecule has 0 aromatic heterocycles. The predicted molar refractivity (Wildman–Crippen MR) is 143 cm³/mol. The normalized spacial score (nSPS) is 13.7. The minimum absolute atomic E-state index is 0.0195. The third kappa shape index (κ3) is 7.05. The number of halogens is 2. The molecular weight excluding hydrogens is 544 g/mol. The monoisotopic (exact) mass is 565 g/mol. The highest BCUT2D eigenvalue weighted by atomic mass is 35.5. The molecule has 0 spiro atoms. The van der Waals surface area contributed by atoms with Crippen LogP contribution < -0.4 is 10.6 Å². The molecule has 0 aliphatic carbocycles. The Kier molecular flexibility index (Phi) is 8.43. The zero-order valence-corrected chi connectivity index (χ0v) is 22.4. The van der Waals surface area contributed by atoms with E-state index < -0.39 is 29.0 Å². The van der Waals surface area contributed by atoms with Crippen molar-refractivity contribution in [2.75, 3.05) is 18.2 Å². The number of aliphatic carboxylic acids is 1. The molecule has 3 rings (SSSR count). The fourth-order valence-corrected chi connectivity index (χ4v) is 5.80. The average molecular weight is 566 g/mol. The Morgan fingerprint density at radius 1 is 1.08 bits per heavy atom. The molecule has 2 atom stereocenters. The van der Waals surface area contributed by atoms with Gasteiger partial charge in [0.05, 0.1) is 20.6 Å². The quantitative estimate of drug-likeness (QED) is 0.277. The second-order valence-corrected chi connectivity index (χ2v) is 13.6. The number of sulfone groups is 1. The summed E-state index contributed by atoms with van der Waals surface area (Å²) in [5.41, 5.74) is 3.75. The third-order valence-corrected chi connectivity index (χ3v) is 8.67. The Morgan fingerprint density at radius 2 is 1.72 bits per heavy atom. The van der Waals surface area contributed by atoms with E-state index in [0.717, 1.165) is 6.26 Å². The van der Waals surface area contributed by atoms with Crippen molar-refractivity contribution in [1.29, 1.82) is 0 Å². The van der Waals surface area contributed by atoms with Crippen molar-refractivity contribution in [2.45, 2.75) is 17.4 Å². The van der Waals surface area contributed by atoms with Gasteiger partial charge in [0, 0.05) is 30.2 Å². The number of rotatable bonds is 7. The highest BCUT2D eigenvalue weighted by Crippen LogP contribution is 2.39. The molecule has 0 aliphatic rings. The number of hydrogen-bond acceptors (Lipinski definition) is 6. The maximum absolute atomic E-state index is 13.0. The van der Waals surface area contributed by atoms with E-state index in [4.69, 9.17) is 23.2 Å². The van der Waals surface area contributed by atoms with Crippen LogP contribution in [-0.2, 0) is 25.6 Å². The van der Waals surface area contributed by atoms with E-state index in [2.05, 4.69) is 16.9 Å². The number of phenols is 1. The third-order valence-electron chi connectivity index (χ3n) is 5.16. The fraction of sp³-hybridized carbons (Fsp3) is 0.160. The molecule has 0 saturated heterocycles. The molecule has 3 aromatic rings. The smallest absolute Gasteiger partial charge is 0.326 e. The summed E-state index contributed by atoms with van der Waals surface area (Å²) in [7, 11) is -6.56. The van der Waals surface area contributed by atoms with E-state index in [1.165, 1.54) is 43.1 Å². The van der Waals surface area contributed by atoms with Gasteiger partial charge in [-0.2, -0.15) is 0 Å². The van der Waals surface area contributed by atoms with Crippen molar-refractivity contribution in [3.63, 3.8) is 0 Å². The van der Waals surface area contributed by atoms with Crippen LogP contribution in [0.25, 0.3) is 0 Å². The molecule has 3 N–H and O–H groups in total. The number of hydrogen-bond donors (Lipinski definition) is 3. The van der Waals surface area contributed by atoms with E-state index in [0.29, 0.717) is 16.4 Å². The Hall–Kier alpha value is -2.95. The zero-order valence-electron chi connectivity index (χ0n) is 19.2. The number of carboxylic acids is 1. The van der Waals surface area contributed by atoms with Crippen molar-refractivity contribution in [2.24, 2.45) is 0 Å². The number of aromatic hydroxyl groups is 1. The summed E-state index contributed by atoms with van der Waals surface area (Å²) in [6, 6.07) is 13.8. The average Bonchev–Trinajstić information content (AvgIpc) is 2.79. The van der Waals surface area contributed by atoms with Crippen LogP contribution in [0.1, 0.15) is 11.1 Å². The van der Waals surface area contributed by atoms with Crippen molar-refractivity contribution < 1.29 is 28.0 Å². The molecule has 188 valence electrons. The van der Waals surface area contributed by atoms with Crippen molar-refractivity contribution in [3.05, 3.63) is 81.8 Å². The lowest BCUT2D eigenvalue weighted by Crippen LogP contribution is -2.31. The van der Waals surface area contributed by atoms with Gasteiger partial charge in [-0.05, 0) is 47.6 Å². The first-order valence-electron chi connectivity index (χ1n) is 10.4. The van der Waals surface area contributed by atoms with Gasteiger partial charge in [0.1, 0.15) is 11.8 Å². The van der Waals surface area contributed by atoms with Crippen LogP contribution in [0.4, 0.5) is 5.69 Å². The minimum Gasteiger partial charge on any atom is -0.508 e. The van der Waals surface area contributed by atoms with E-state index in [9.17, 15) is 28.0 Å². The summed E-state index contributed by atoms with van der Waals surface area (Å²) < 4.78 is 36.6. The molecule has 0 bridgehead atoms. The van der Waals surface area contributed by atoms with Crippen LogP contribution in [0.5, 0.6) is 5.75 Å². The highest BCUT2D eigenvalue weighted by Gasteiger charge is 2.22. The molecule has 0 heterocycles. The second-order valence-electron chi connectivity index (χ2n) is 8.15. The van der Waals surface area contributed by atoms with E-state index in [-0.39, 0.29) is 32.8 Å². The van der Waals surface area contributed by atoms with Gasteiger partial charge in [-0.25, -0.2) is 13.2 Å². The molecule has 36 heavy (non-hydrogen) atoms. The SMILES string of the molecule is CP(=O)(C#Cc1cc(Cl)c(N[C@@H](Cc2cccc(S(C)(=O)=O)c2)C(=O)O)c(Cl)c1)c1cccc(O)c1. The minimum atomic E-state index is -3.45. The first kappa shape index (κ1) is 27.6. The summed E-state index contributed by atoms with van der Waals surface area (Å²) in [6.45, 7) is 1.48. The van der Waals surface area contributed by atoms with Gasteiger partial charge in [0.15, 0.2) is 17.0 Å². The molecule has 0 radical (unpaired) electrons. The van der Waals surface area contributed by atoms with Crippen LogP contribution in [-0.4, -0.2) is 43.6 Å². The van der Waals surface area contributed by atoms with E-state index in [1.54, 1.807) is 24.3 Å². The van der Waals surface area contributed by atoms with E-state index in [1.807, 2.05) is 0 Å². The first-order valence-corrected chi connectivity index (χ1v) is 15.2. The number of carboxylic acid groups (broad SMARTS) is 1. The lowest BCUT2D eigenvalue weighted by atomic mass is 10.1. The molecular formula is C25H22Cl2NO6PS. The molecule has 3 aromatic carbocycles. The van der Waals surface area contributed by atoms with Crippen LogP contribution >= 0.6 is 30.3 Å². The topological polar surface area (TPSA) is 121 Å². The summed E-state index contributed by atoms with van der Waals surface area (Å²) in [5, 5.41) is 22.8. The van der Waals surface area contributed by atoms with E-state index >= 15 is 0 Å². The number of anilines is 1. The van der Waals surface area contributed by atoms with Crippen LogP contribution in [0.3, 0.4) is 0 Å².